The summed E-state index contributed by atoms with van der Waals surface area (Å²) in [4.78, 5) is 11.9. The zero-order valence-corrected chi connectivity index (χ0v) is 13.8. The van der Waals surface area contributed by atoms with Crippen LogP contribution in [0.25, 0.3) is 0 Å². The fourth-order valence-corrected chi connectivity index (χ4v) is 2.14. The maximum Gasteiger partial charge on any atom is 0.241 e. The van der Waals surface area contributed by atoms with E-state index in [1.54, 1.807) is 12.1 Å². The summed E-state index contributed by atoms with van der Waals surface area (Å²) in [7, 11) is 0. The Bertz CT molecular complexity index is 632. The van der Waals surface area contributed by atoms with Crippen LogP contribution in [0.1, 0.15) is 32.0 Å². The Hall–Kier alpha value is -2.15. The van der Waals surface area contributed by atoms with E-state index in [-0.39, 0.29) is 19.1 Å². The number of halogens is 1. The van der Waals surface area contributed by atoms with Crippen LogP contribution in [0.4, 0.5) is 0 Å². The minimum Gasteiger partial charge on any atom is -0.484 e. The fraction of sp³-hybridized carbons (Fsp3) is 0.467. The van der Waals surface area contributed by atoms with Gasteiger partial charge in [-0.3, -0.25) is 4.79 Å². The highest BCUT2D eigenvalue weighted by atomic mass is 35.5. The normalized spacial score (nSPS) is 10.5. The first-order valence-electron chi connectivity index (χ1n) is 7.59. The number of hydrogen-bond donors (Lipinski definition) is 1. The number of carbonyl (C=O) groups excluding carboxylic acids is 1. The van der Waals surface area contributed by atoms with Crippen LogP contribution in [0.5, 0.6) is 5.75 Å². The van der Waals surface area contributed by atoms with Crippen LogP contribution in [-0.2, 0) is 17.9 Å². The standard InChI is InChI=1S/C15H20ClN5O2/c1-2-3-6-9-17-15(22)10-21-14(18-19-20-21)11-23-13-8-5-4-7-12(13)16/h4-5,7-8H,2-3,6,9-11H2,1H3,(H,17,22). The molecule has 0 atom stereocenters. The second-order valence-corrected chi connectivity index (χ2v) is 5.44. The average Bonchev–Trinajstić information content (AvgIpc) is 2.98. The second kappa shape index (κ2) is 9.09. The molecule has 0 aliphatic heterocycles. The molecule has 0 fully saturated rings. The molecule has 1 aromatic carbocycles. The van der Waals surface area contributed by atoms with Gasteiger partial charge < -0.3 is 10.1 Å². The molecule has 0 radical (unpaired) electrons. The Morgan fingerprint density at radius 1 is 1.35 bits per heavy atom. The van der Waals surface area contributed by atoms with E-state index in [4.69, 9.17) is 16.3 Å². The number of para-hydroxylation sites is 1. The predicted molar refractivity (Wildman–Crippen MR) is 86.1 cm³/mol. The molecule has 2 aromatic rings. The van der Waals surface area contributed by atoms with Gasteiger partial charge in [-0.25, -0.2) is 4.68 Å². The van der Waals surface area contributed by atoms with Crippen LogP contribution < -0.4 is 10.1 Å². The van der Waals surface area contributed by atoms with Crippen LogP contribution in [0.15, 0.2) is 24.3 Å². The first-order chi connectivity index (χ1) is 11.2. The van der Waals surface area contributed by atoms with E-state index in [9.17, 15) is 4.79 Å². The van der Waals surface area contributed by atoms with Gasteiger partial charge >= 0.3 is 0 Å². The van der Waals surface area contributed by atoms with E-state index in [0.29, 0.717) is 23.1 Å². The Labute approximate surface area is 140 Å². The Balaban J connectivity index is 1.84. The monoisotopic (exact) mass is 337 g/mol. The third-order valence-corrected chi connectivity index (χ3v) is 3.51. The molecule has 0 unspecified atom stereocenters. The Kier molecular flexibility index (Phi) is 6.80. The highest BCUT2D eigenvalue weighted by Gasteiger charge is 2.11. The quantitative estimate of drug-likeness (QED) is 0.709. The molecule has 7 nitrogen and oxygen atoms in total. The summed E-state index contributed by atoms with van der Waals surface area (Å²) in [6, 6.07) is 7.15. The molecule has 1 N–H and O–H groups in total. The fourth-order valence-electron chi connectivity index (χ4n) is 1.95. The number of benzene rings is 1. The number of rotatable bonds is 9. The molecule has 0 aliphatic rings. The summed E-state index contributed by atoms with van der Waals surface area (Å²) < 4.78 is 7.01. The van der Waals surface area contributed by atoms with Gasteiger partial charge in [0, 0.05) is 6.54 Å². The van der Waals surface area contributed by atoms with Crippen molar-refractivity contribution in [3.63, 3.8) is 0 Å². The number of unbranched alkanes of at least 4 members (excludes halogenated alkanes) is 2. The lowest BCUT2D eigenvalue weighted by molar-refractivity contribution is -0.121. The van der Waals surface area contributed by atoms with Crippen molar-refractivity contribution in [2.75, 3.05) is 6.54 Å². The summed E-state index contributed by atoms with van der Waals surface area (Å²) in [6.07, 6.45) is 3.19. The van der Waals surface area contributed by atoms with E-state index in [2.05, 4.69) is 27.8 Å². The van der Waals surface area contributed by atoms with Gasteiger partial charge in [-0.1, -0.05) is 43.5 Å². The van der Waals surface area contributed by atoms with Crippen LogP contribution in [0, 0.1) is 0 Å². The average molecular weight is 338 g/mol. The predicted octanol–water partition coefficient (Wildman–Crippen LogP) is 2.21. The van der Waals surface area contributed by atoms with Gasteiger partial charge in [0.2, 0.25) is 5.91 Å². The molecule has 0 aliphatic carbocycles. The number of carbonyl (C=O) groups is 1. The van der Waals surface area contributed by atoms with Crippen molar-refractivity contribution in [2.45, 2.75) is 39.3 Å². The first-order valence-corrected chi connectivity index (χ1v) is 7.97. The van der Waals surface area contributed by atoms with Crippen molar-refractivity contribution in [2.24, 2.45) is 0 Å². The SMILES string of the molecule is CCCCCNC(=O)Cn1nnnc1COc1ccccc1Cl. The topological polar surface area (TPSA) is 81.9 Å². The minimum atomic E-state index is -0.118. The zero-order chi connectivity index (χ0) is 16.5. The molecule has 1 amide bonds. The van der Waals surface area contributed by atoms with E-state index >= 15 is 0 Å². The number of amides is 1. The van der Waals surface area contributed by atoms with Crippen molar-refractivity contribution in [1.82, 2.24) is 25.5 Å². The van der Waals surface area contributed by atoms with Crippen molar-refractivity contribution in [3.05, 3.63) is 35.1 Å². The lowest BCUT2D eigenvalue weighted by atomic mass is 10.2. The maximum absolute atomic E-state index is 11.9. The summed E-state index contributed by atoms with van der Waals surface area (Å²) in [5.41, 5.74) is 0. The Morgan fingerprint density at radius 3 is 2.96 bits per heavy atom. The van der Waals surface area contributed by atoms with Crippen LogP contribution in [0.2, 0.25) is 5.02 Å². The van der Waals surface area contributed by atoms with E-state index in [1.807, 2.05) is 12.1 Å². The molecule has 2 rings (SSSR count). The molecule has 23 heavy (non-hydrogen) atoms. The lowest BCUT2D eigenvalue weighted by Gasteiger charge is -2.08. The van der Waals surface area contributed by atoms with E-state index < -0.39 is 0 Å². The summed E-state index contributed by atoms with van der Waals surface area (Å²) >= 11 is 6.02. The van der Waals surface area contributed by atoms with Crippen molar-refractivity contribution in [1.29, 1.82) is 0 Å². The largest absolute Gasteiger partial charge is 0.484 e. The Morgan fingerprint density at radius 2 is 2.17 bits per heavy atom. The van der Waals surface area contributed by atoms with Gasteiger partial charge in [0.05, 0.1) is 5.02 Å². The molecule has 0 saturated carbocycles. The first kappa shape index (κ1) is 17.2. The molecular weight excluding hydrogens is 318 g/mol. The van der Waals surface area contributed by atoms with Crippen molar-refractivity contribution in [3.8, 4) is 5.75 Å². The summed E-state index contributed by atoms with van der Waals surface area (Å²) in [6.45, 7) is 2.99. The molecule has 0 saturated heterocycles. The number of ether oxygens (including phenoxy) is 1. The van der Waals surface area contributed by atoms with Gasteiger partial charge in [0.15, 0.2) is 5.82 Å². The third kappa shape index (κ3) is 5.52. The number of aromatic nitrogens is 4. The minimum absolute atomic E-state index is 0.0698. The third-order valence-electron chi connectivity index (χ3n) is 3.20. The second-order valence-electron chi connectivity index (χ2n) is 5.03. The van der Waals surface area contributed by atoms with Crippen LogP contribution in [-0.4, -0.2) is 32.7 Å². The van der Waals surface area contributed by atoms with Gasteiger partial charge in [0.25, 0.3) is 0 Å². The molecule has 0 bridgehead atoms. The highest BCUT2D eigenvalue weighted by Crippen LogP contribution is 2.23. The van der Waals surface area contributed by atoms with Crippen LogP contribution >= 0.6 is 11.6 Å². The van der Waals surface area contributed by atoms with E-state index in [1.165, 1.54) is 4.68 Å². The number of tetrazole rings is 1. The van der Waals surface area contributed by atoms with E-state index in [0.717, 1.165) is 19.3 Å². The molecular formula is C15H20ClN5O2. The number of nitrogens with zero attached hydrogens (tertiary/aromatic N) is 4. The van der Waals surface area contributed by atoms with Crippen molar-refractivity contribution >= 4 is 17.5 Å². The molecule has 124 valence electrons. The van der Waals surface area contributed by atoms with Crippen molar-refractivity contribution < 1.29 is 9.53 Å². The molecule has 1 aromatic heterocycles. The van der Waals surface area contributed by atoms with Gasteiger partial charge in [-0.05, 0) is 29.0 Å². The smallest absolute Gasteiger partial charge is 0.241 e. The molecule has 0 spiro atoms. The highest BCUT2D eigenvalue weighted by molar-refractivity contribution is 6.32. The number of hydrogen-bond acceptors (Lipinski definition) is 5. The van der Waals surface area contributed by atoms with Gasteiger partial charge in [0.1, 0.15) is 18.9 Å². The number of nitrogens with one attached hydrogen (secondary N) is 1. The van der Waals surface area contributed by atoms with Gasteiger partial charge in [-0.15, -0.1) is 5.10 Å². The summed E-state index contributed by atoms with van der Waals surface area (Å²) in [5, 5.41) is 14.6. The van der Waals surface area contributed by atoms with Gasteiger partial charge in [-0.2, -0.15) is 0 Å². The van der Waals surface area contributed by atoms with Crippen LogP contribution in [0.3, 0.4) is 0 Å². The zero-order valence-electron chi connectivity index (χ0n) is 13.0. The summed E-state index contributed by atoms with van der Waals surface area (Å²) in [5.74, 6) is 0.897. The maximum atomic E-state index is 11.9. The molecule has 1 heterocycles. The lowest BCUT2D eigenvalue weighted by Crippen LogP contribution is -2.29. The molecule has 8 heteroatoms.